The van der Waals surface area contributed by atoms with Crippen molar-refractivity contribution in [2.24, 2.45) is 0 Å². The predicted molar refractivity (Wildman–Crippen MR) is 99.5 cm³/mol. The first-order chi connectivity index (χ1) is 12.6. The minimum Gasteiger partial charge on any atom is -0.335 e. The van der Waals surface area contributed by atoms with Gasteiger partial charge in [0.15, 0.2) is 0 Å². The molecular weight excluding hydrogens is 351 g/mol. The lowest BCUT2D eigenvalue weighted by atomic mass is 9.88. The van der Waals surface area contributed by atoms with E-state index in [2.05, 4.69) is 10.7 Å². The lowest BCUT2D eigenvalue weighted by Crippen LogP contribution is -2.43. The third kappa shape index (κ3) is 3.38. The van der Waals surface area contributed by atoms with Gasteiger partial charge in [0, 0.05) is 24.7 Å². The molecule has 26 heavy (non-hydrogen) atoms. The summed E-state index contributed by atoms with van der Waals surface area (Å²) in [6, 6.07) is 6.47. The van der Waals surface area contributed by atoms with Gasteiger partial charge in [0.05, 0.1) is 5.92 Å². The highest BCUT2D eigenvalue weighted by Crippen LogP contribution is 2.36. The number of thiophene rings is 1. The Morgan fingerprint density at radius 1 is 1.27 bits per heavy atom. The maximum Gasteiger partial charge on any atom is 0.231 e. The highest BCUT2D eigenvalue weighted by molar-refractivity contribution is 7.07. The van der Waals surface area contributed by atoms with E-state index in [9.17, 15) is 14.0 Å². The SMILES string of the molecule is O=C1CC(C(=O)N(Cc2ccsc2)C2CCCC2)c2cc(F)ccc2N1. The van der Waals surface area contributed by atoms with E-state index in [1.165, 1.54) is 12.1 Å². The minimum absolute atomic E-state index is 0.0650. The monoisotopic (exact) mass is 372 g/mol. The van der Waals surface area contributed by atoms with E-state index in [4.69, 9.17) is 0 Å². The van der Waals surface area contributed by atoms with Gasteiger partial charge in [-0.2, -0.15) is 11.3 Å². The van der Waals surface area contributed by atoms with Crippen molar-refractivity contribution in [1.82, 2.24) is 4.90 Å². The zero-order valence-corrected chi connectivity index (χ0v) is 15.2. The van der Waals surface area contributed by atoms with E-state index in [1.54, 1.807) is 17.4 Å². The molecule has 1 fully saturated rings. The van der Waals surface area contributed by atoms with Gasteiger partial charge < -0.3 is 10.2 Å². The molecule has 6 heteroatoms. The lowest BCUT2D eigenvalue weighted by molar-refractivity contribution is -0.137. The van der Waals surface area contributed by atoms with E-state index in [1.807, 2.05) is 16.3 Å². The third-order valence-corrected chi connectivity index (χ3v) is 6.06. The molecule has 2 amide bonds. The van der Waals surface area contributed by atoms with Crippen molar-refractivity contribution < 1.29 is 14.0 Å². The Morgan fingerprint density at radius 3 is 2.81 bits per heavy atom. The molecule has 1 aromatic heterocycles. The highest BCUT2D eigenvalue weighted by atomic mass is 32.1. The number of anilines is 1. The van der Waals surface area contributed by atoms with Crippen molar-refractivity contribution in [3.05, 3.63) is 52.0 Å². The maximum absolute atomic E-state index is 13.8. The summed E-state index contributed by atoms with van der Waals surface area (Å²) in [5, 5.41) is 6.81. The van der Waals surface area contributed by atoms with Gasteiger partial charge in [0.2, 0.25) is 11.8 Å². The number of carbonyl (C=O) groups is 2. The van der Waals surface area contributed by atoms with Gasteiger partial charge in [-0.3, -0.25) is 9.59 Å². The van der Waals surface area contributed by atoms with Crippen LogP contribution >= 0.6 is 11.3 Å². The Morgan fingerprint density at radius 2 is 2.08 bits per heavy atom. The smallest absolute Gasteiger partial charge is 0.231 e. The summed E-state index contributed by atoms with van der Waals surface area (Å²) in [5.74, 6) is -1.26. The molecular formula is C20H21FN2O2S. The second kappa shape index (κ2) is 7.19. The van der Waals surface area contributed by atoms with E-state index >= 15 is 0 Å². The Kier molecular flexibility index (Phi) is 4.76. The summed E-state index contributed by atoms with van der Waals surface area (Å²) in [5.41, 5.74) is 2.24. The molecule has 0 radical (unpaired) electrons. The van der Waals surface area contributed by atoms with Crippen molar-refractivity contribution in [3.8, 4) is 0 Å². The molecule has 1 unspecified atom stereocenters. The molecule has 1 N–H and O–H groups in total. The van der Waals surface area contributed by atoms with Gasteiger partial charge in [-0.25, -0.2) is 4.39 Å². The largest absolute Gasteiger partial charge is 0.335 e. The van der Waals surface area contributed by atoms with Gasteiger partial charge in [-0.1, -0.05) is 12.8 Å². The highest BCUT2D eigenvalue weighted by Gasteiger charge is 2.37. The average Bonchev–Trinajstić information content (AvgIpc) is 3.32. The van der Waals surface area contributed by atoms with Crippen molar-refractivity contribution in [2.75, 3.05) is 5.32 Å². The van der Waals surface area contributed by atoms with E-state index < -0.39 is 5.92 Å². The number of hydrogen-bond donors (Lipinski definition) is 1. The molecule has 1 atom stereocenters. The number of amides is 2. The van der Waals surface area contributed by atoms with Crippen molar-refractivity contribution in [3.63, 3.8) is 0 Å². The average molecular weight is 372 g/mol. The Hall–Kier alpha value is -2.21. The van der Waals surface area contributed by atoms with E-state index in [-0.39, 0.29) is 30.1 Å². The second-order valence-corrected chi connectivity index (χ2v) is 7.85. The summed E-state index contributed by atoms with van der Waals surface area (Å²) in [6.07, 6.45) is 4.29. The standard InChI is InChI=1S/C20H21FN2O2S/c21-14-5-6-18-16(9-14)17(10-19(24)22-18)20(25)23(15-3-1-2-4-15)11-13-7-8-26-12-13/h5-9,12,15,17H,1-4,10-11H2,(H,22,24). The van der Waals surface area contributed by atoms with Gasteiger partial charge >= 0.3 is 0 Å². The van der Waals surface area contributed by atoms with E-state index in [0.29, 0.717) is 17.8 Å². The number of nitrogens with one attached hydrogen (secondary N) is 1. The Bertz CT molecular complexity index is 815. The summed E-state index contributed by atoms with van der Waals surface area (Å²) in [7, 11) is 0. The van der Waals surface area contributed by atoms with Gasteiger partial charge in [0.25, 0.3) is 0 Å². The molecule has 2 heterocycles. The number of benzene rings is 1. The molecule has 1 aliphatic heterocycles. The van der Waals surface area contributed by atoms with Crippen LogP contribution in [-0.2, 0) is 16.1 Å². The van der Waals surface area contributed by atoms with Crippen LogP contribution in [0.4, 0.5) is 10.1 Å². The number of halogens is 1. The fourth-order valence-electron chi connectivity index (χ4n) is 4.04. The van der Waals surface area contributed by atoms with Crippen LogP contribution in [0.3, 0.4) is 0 Å². The third-order valence-electron chi connectivity index (χ3n) is 5.33. The molecule has 2 aliphatic rings. The van der Waals surface area contributed by atoms with Crippen LogP contribution in [0.25, 0.3) is 0 Å². The lowest BCUT2D eigenvalue weighted by Gasteiger charge is -2.34. The molecule has 0 saturated heterocycles. The Labute approximate surface area is 156 Å². The van der Waals surface area contributed by atoms with Gasteiger partial charge in [0.1, 0.15) is 5.82 Å². The quantitative estimate of drug-likeness (QED) is 0.871. The predicted octanol–water partition coefficient (Wildman–Crippen LogP) is 4.28. The van der Waals surface area contributed by atoms with Crippen LogP contribution in [0.5, 0.6) is 0 Å². The first kappa shape index (κ1) is 17.2. The number of fused-ring (bicyclic) bond motifs is 1. The maximum atomic E-state index is 13.8. The normalized spacial score (nSPS) is 19.9. The summed E-state index contributed by atoms with van der Waals surface area (Å²) in [4.78, 5) is 27.5. The first-order valence-corrected chi connectivity index (χ1v) is 9.97. The minimum atomic E-state index is -0.617. The zero-order chi connectivity index (χ0) is 18.1. The molecule has 0 spiro atoms. The molecule has 4 rings (SSSR count). The van der Waals surface area contributed by atoms with Crippen molar-refractivity contribution >= 4 is 28.8 Å². The molecule has 1 aromatic carbocycles. The molecule has 4 nitrogen and oxygen atoms in total. The summed E-state index contributed by atoms with van der Waals surface area (Å²) >= 11 is 1.61. The van der Waals surface area contributed by atoms with E-state index in [0.717, 1.165) is 31.2 Å². The fourth-order valence-corrected chi connectivity index (χ4v) is 4.69. The van der Waals surface area contributed by atoms with Crippen molar-refractivity contribution in [2.45, 2.75) is 50.6 Å². The molecule has 1 aliphatic carbocycles. The van der Waals surface area contributed by atoms with Crippen LogP contribution in [0, 0.1) is 5.82 Å². The van der Waals surface area contributed by atoms with Gasteiger partial charge in [-0.15, -0.1) is 0 Å². The summed E-state index contributed by atoms with van der Waals surface area (Å²) < 4.78 is 13.8. The number of hydrogen-bond acceptors (Lipinski definition) is 3. The van der Waals surface area contributed by atoms with Crippen LogP contribution in [0.2, 0.25) is 0 Å². The molecule has 1 saturated carbocycles. The number of nitrogens with zero attached hydrogens (tertiary/aromatic N) is 1. The van der Waals surface area contributed by atoms with Gasteiger partial charge in [-0.05, 0) is 59.0 Å². The van der Waals surface area contributed by atoms with Crippen LogP contribution in [0.1, 0.15) is 49.1 Å². The van der Waals surface area contributed by atoms with Crippen LogP contribution < -0.4 is 5.32 Å². The first-order valence-electron chi connectivity index (χ1n) is 9.02. The zero-order valence-electron chi connectivity index (χ0n) is 14.4. The number of rotatable bonds is 4. The second-order valence-electron chi connectivity index (χ2n) is 7.07. The Balaban J connectivity index is 1.67. The van der Waals surface area contributed by atoms with Crippen LogP contribution in [-0.4, -0.2) is 22.8 Å². The topological polar surface area (TPSA) is 49.4 Å². The summed E-state index contributed by atoms with van der Waals surface area (Å²) in [6.45, 7) is 0.551. The molecule has 2 aromatic rings. The van der Waals surface area contributed by atoms with Crippen molar-refractivity contribution in [1.29, 1.82) is 0 Å². The number of carbonyl (C=O) groups excluding carboxylic acids is 2. The molecule has 136 valence electrons. The fraction of sp³-hybridized carbons (Fsp3) is 0.400. The molecule has 0 bridgehead atoms. The van der Waals surface area contributed by atoms with Crippen LogP contribution in [0.15, 0.2) is 35.0 Å².